The van der Waals surface area contributed by atoms with E-state index in [1.165, 1.54) is 0 Å². The van der Waals surface area contributed by atoms with Crippen LogP contribution in [0.25, 0.3) is 0 Å². The number of nitriles is 1. The molecule has 3 aromatic rings. The van der Waals surface area contributed by atoms with Crippen molar-refractivity contribution in [3.05, 3.63) is 96.1 Å². The standard InChI is InChI=1S/C23H19N3O2S.CH3NOS/c24-15-19-10-7-11-20(14-19)25-22(27)17-28-23(29)26(21-12-5-2-6-13-21)16-18-8-3-1-4-9-18;2-1(3)4/h1-14H,16-17H2,(H,25,27);(H3,2,3,4). The Morgan fingerprint density at radius 3 is 2.24 bits per heavy atom. The number of nitrogens with two attached hydrogens (primary N) is 1. The maximum absolute atomic E-state index is 12.2. The van der Waals surface area contributed by atoms with Gasteiger partial charge in [0.15, 0.2) is 6.61 Å². The summed E-state index contributed by atoms with van der Waals surface area (Å²) < 4.78 is 5.60. The van der Waals surface area contributed by atoms with Crippen molar-refractivity contribution < 1.29 is 14.3 Å². The van der Waals surface area contributed by atoms with Crippen molar-refractivity contribution in [2.75, 3.05) is 16.8 Å². The molecule has 3 N–H and O–H groups in total. The second-order valence-corrected chi connectivity index (χ2v) is 7.33. The van der Waals surface area contributed by atoms with Crippen LogP contribution in [0, 0.1) is 11.3 Å². The molecule has 0 fully saturated rings. The van der Waals surface area contributed by atoms with Gasteiger partial charge in [-0.05, 0) is 48.1 Å². The summed E-state index contributed by atoms with van der Waals surface area (Å²) >= 11 is 8.56. The molecule has 3 rings (SSSR count). The van der Waals surface area contributed by atoms with E-state index >= 15 is 0 Å². The Morgan fingerprint density at radius 2 is 1.64 bits per heavy atom. The molecule has 168 valence electrons. The molecule has 0 spiro atoms. The van der Waals surface area contributed by atoms with Gasteiger partial charge in [-0.25, -0.2) is 0 Å². The van der Waals surface area contributed by atoms with E-state index in [-0.39, 0.29) is 17.7 Å². The van der Waals surface area contributed by atoms with Gasteiger partial charge in [-0.1, -0.05) is 67.2 Å². The highest BCUT2D eigenvalue weighted by molar-refractivity contribution is 7.96. The number of carbonyl (C=O) groups excluding carboxylic acids is 2. The van der Waals surface area contributed by atoms with Crippen molar-refractivity contribution in [1.29, 1.82) is 5.26 Å². The van der Waals surface area contributed by atoms with Crippen LogP contribution in [0.2, 0.25) is 0 Å². The first-order valence-corrected chi connectivity index (χ1v) is 10.6. The number of ether oxygens (including phenoxy) is 1. The molecule has 33 heavy (non-hydrogen) atoms. The largest absolute Gasteiger partial charge is 0.461 e. The van der Waals surface area contributed by atoms with Crippen molar-refractivity contribution in [2.45, 2.75) is 6.54 Å². The van der Waals surface area contributed by atoms with Crippen LogP contribution in [-0.2, 0) is 16.1 Å². The maximum atomic E-state index is 12.2. The van der Waals surface area contributed by atoms with E-state index in [9.17, 15) is 4.79 Å². The van der Waals surface area contributed by atoms with E-state index < -0.39 is 5.24 Å². The van der Waals surface area contributed by atoms with Crippen LogP contribution in [0.3, 0.4) is 0 Å². The van der Waals surface area contributed by atoms with Gasteiger partial charge in [0.25, 0.3) is 16.3 Å². The molecule has 0 saturated heterocycles. The first-order valence-electron chi connectivity index (χ1n) is 9.70. The summed E-state index contributed by atoms with van der Waals surface area (Å²) in [5.74, 6) is -0.352. The minimum atomic E-state index is -0.639. The monoisotopic (exact) mass is 478 g/mol. The van der Waals surface area contributed by atoms with Crippen molar-refractivity contribution in [1.82, 2.24) is 0 Å². The van der Waals surface area contributed by atoms with Gasteiger partial charge in [0, 0.05) is 11.4 Å². The molecule has 2 amide bonds. The highest BCUT2D eigenvalue weighted by atomic mass is 32.1. The number of para-hydroxylation sites is 1. The predicted octanol–water partition coefficient (Wildman–Crippen LogP) is 4.50. The minimum absolute atomic E-state index is 0.209. The molecular formula is C24H22N4O3S2. The average Bonchev–Trinajstić information content (AvgIpc) is 2.82. The van der Waals surface area contributed by atoms with Crippen LogP contribution >= 0.6 is 24.8 Å². The van der Waals surface area contributed by atoms with Crippen LogP contribution in [0.15, 0.2) is 84.9 Å². The smallest absolute Gasteiger partial charge is 0.273 e. The third kappa shape index (κ3) is 9.43. The summed E-state index contributed by atoms with van der Waals surface area (Å²) in [6, 6.07) is 28.3. The van der Waals surface area contributed by atoms with Gasteiger partial charge in [0.1, 0.15) is 0 Å². The van der Waals surface area contributed by atoms with Gasteiger partial charge >= 0.3 is 0 Å². The summed E-state index contributed by atoms with van der Waals surface area (Å²) in [5.41, 5.74) is 7.29. The number of thiol groups is 1. The van der Waals surface area contributed by atoms with E-state index in [2.05, 4.69) is 23.7 Å². The molecule has 0 bridgehead atoms. The Hall–Kier alpha value is -3.87. The average molecular weight is 479 g/mol. The fourth-order valence-corrected chi connectivity index (χ4v) is 2.93. The molecule has 0 aromatic heterocycles. The van der Waals surface area contributed by atoms with Gasteiger partial charge in [-0.15, -0.1) is 0 Å². The Morgan fingerprint density at radius 1 is 1.03 bits per heavy atom. The van der Waals surface area contributed by atoms with Crippen LogP contribution < -0.4 is 16.0 Å². The van der Waals surface area contributed by atoms with Crippen molar-refractivity contribution in [3.8, 4) is 6.07 Å². The summed E-state index contributed by atoms with van der Waals surface area (Å²) in [5, 5.41) is 11.2. The number of primary amides is 1. The summed E-state index contributed by atoms with van der Waals surface area (Å²) in [6.45, 7) is 0.295. The highest BCUT2D eigenvalue weighted by Crippen LogP contribution is 2.18. The molecule has 0 atom stereocenters. The molecule has 0 aliphatic rings. The highest BCUT2D eigenvalue weighted by Gasteiger charge is 2.15. The summed E-state index contributed by atoms with van der Waals surface area (Å²) in [4.78, 5) is 23.2. The number of thiocarbonyl (C=S) groups is 1. The fourth-order valence-electron chi connectivity index (χ4n) is 2.70. The Kier molecular flexibility index (Phi) is 10.4. The third-order valence-electron chi connectivity index (χ3n) is 4.07. The lowest BCUT2D eigenvalue weighted by Crippen LogP contribution is -2.33. The van der Waals surface area contributed by atoms with E-state index in [1.807, 2.05) is 71.6 Å². The van der Waals surface area contributed by atoms with E-state index in [0.717, 1.165) is 11.3 Å². The molecule has 0 saturated carbocycles. The lowest BCUT2D eigenvalue weighted by Gasteiger charge is -2.25. The van der Waals surface area contributed by atoms with Gasteiger partial charge in [-0.2, -0.15) is 5.26 Å². The van der Waals surface area contributed by atoms with Crippen LogP contribution in [0.1, 0.15) is 11.1 Å². The number of hydrogen-bond acceptors (Lipinski definition) is 5. The minimum Gasteiger partial charge on any atom is -0.461 e. The number of benzene rings is 3. The first kappa shape index (κ1) is 25.4. The number of anilines is 2. The molecule has 0 aliphatic heterocycles. The van der Waals surface area contributed by atoms with Crippen LogP contribution in [-0.4, -0.2) is 22.9 Å². The van der Waals surface area contributed by atoms with Gasteiger partial charge in [0.05, 0.1) is 18.2 Å². The molecule has 3 aromatic carbocycles. The van der Waals surface area contributed by atoms with Gasteiger partial charge in [-0.3, -0.25) is 14.5 Å². The molecule has 9 heteroatoms. The van der Waals surface area contributed by atoms with E-state index in [1.54, 1.807) is 24.3 Å². The fraction of sp³-hybridized carbons (Fsp3) is 0.0833. The zero-order valence-electron chi connectivity index (χ0n) is 17.5. The van der Waals surface area contributed by atoms with Crippen molar-refractivity contribution in [2.24, 2.45) is 5.73 Å². The lowest BCUT2D eigenvalue weighted by atomic mass is 10.2. The second-order valence-electron chi connectivity index (χ2n) is 6.54. The van der Waals surface area contributed by atoms with Crippen LogP contribution in [0.4, 0.5) is 16.2 Å². The SMILES string of the molecule is N#Cc1cccc(NC(=O)COC(=S)N(Cc2ccccc2)c2ccccc2)c1.NC(=O)S. The molecule has 0 radical (unpaired) electrons. The Bertz CT molecular complexity index is 1120. The quantitative estimate of drug-likeness (QED) is 0.356. The number of hydrogen-bond donors (Lipinski definition) is 3. The van der Waals surface area contributed by atoms with Crippen molar-refractivity contribution in [3.63, 3.8) is 0 Å². The van der Waals surface area contributed by atoms with E-state index in [4.69, 9.17) is 27.0 Å². The predicted molar refractivity (Wildman–Crippen MR) is 136 cm³/mol. The number of rotatable bonds is 6. The zero-order valence-corrected chi connectivity index (χ0v) is 19.3. The number of nitrogens with one attached hydrogen (secondary N) is 1. The molecule has 0 unspecified atom stereocenters. The Balaban J connectivity index is 0.000000890. The van der Waals surface area contributed by atoms with Crippen LogP contribution in [0.5, 0.6) is 0 Å². The molecule has 7 nitrogen and oxygen atoms in total. The first-order chi connectivity index (χ1) is 15.9. The molecular weight excluding hydrogens is 456 g/mol. The number of nitrogens with zero attached hydrogens (tertiary/aromatic N) is 2. The third-order valence-corrected chi connectivity index (χ3v) is 4.41. The second kappa shape index (κ2) is 13.5. The topological polar surface area (TPSA) is 108 Å². The van der Waals surface area contributed by atoms with Crippen molar-refractivity contribution >= 4 is 52.5 Å². The van der Waals surface area contributed by atoms with E-state index in [0.29, 0.717) is 17.8 Å². The zero-order chi connectivity index (χ0) is 24.1. The number of carbonyl (C=O) groups is 2. The molecule has 0 aliphatic carbocycles. The summed E-state index contributed by atoms with van der Waals surface area (Å²) in [7, 11) is 0. The summed E-state index contributed by atoms with van der Waals surface area (Å²) in [6.07, 6.45) is 0. The Labute approximate surface area is 203 Å². The normalized spacial score (nSPS) is 9.45. The lowest BCUT2D eigenvalue weighted by molar-refractivity contribution is -0.118. The maximum Gasteiger partial charge on any atom is 0.273 e. The van der Waals surface area contributed by atoms with Gasteiger partial charge < -0.3 is 15.8 Å². The number of amides is 2. The van der Waals surface area contributed by atoms with Gasteiger partial charge in [0.2, 0.25) is 0 Å². The molecule has 0 heterocycles.